The fourth-order valence-electron chi connectivity index (χ4n) is 1.72. The standard InChI is InChI=1S/C9H12BrN/c10-7-5-8-3-1-2-4-9(6-7)11-8/h1-2,5,8-9,11H,3-4,6H2/t8-,9+/m1/s1. The molecule has 2 aliphatic rings. The van der Waals surface area contributed by atoms with Gasteiger partial charge in [0.1, 0.15) is 0 Å². The Morgan fingerprint density at radius 2 is 2.18 bits per heavy atom. The van der Waals surface area contributed by atoms with Crippen molar-refractivity contribution in [1.82, 2.24) is 5.32 Å². The molecule has 2 bridgehead atoms. The molecule has 0 saturated carbocycles. The summed E-state index contributed by atoms with van der Waals surface area (Å²) in [5, 5.41) is 3.58. The van der Waals surface area contributed by atoms with Gasteiger partial charge in [-0.15, -0.1) is 0 Å². The van der Waals surface area contributed by atoms with Crippen molar-refractivity contribution < 1.29 is 0 Å². The van der Waals surface area contributed by atoms with Gasteiger partial charge >= 0.3 is 0 Å². The van der Waals surface area contributed by atoms with Gasteiger partial charge < -0.3 is 5.32 Å². The first kappa shape index (κ1) is 7.56. The van der Waals surface area contributed by atoms with E-state index < -0.39 is 0 Å². The molecule has 2 aliphatic heterocycles. The van der Waals surface area contributed by atoms with Crippen LogP contribution in [0.1, 0.15) is 19.3 Å². The van der Waals surface area contributed by atoms with Gasteiger partial charge in [-0.25, -0.2) is 0 Å². The van der Waals surface area contributed by atoms with Gasteiger partial charge in [-0.3, -0.25) is 0 Å². The van der Waals surface area contributed by atoms with Crippen molar-refractivity contribution >= 4 is 15.9 Å². The number of rotatable bonds is 0. The zero-order valence-corrected chi connectivity index (χ0v) is 7.97. The van der Waals surface area contributed by atoms with Gasteiger partial charge in [-0.05, 0) is 23.7 Å². The zero-order valence-electron chi connectivity index (χ0n) is 6.39. The second kappa shape index (κ2) is 3.11. The van der Waals surface area contributed by atoms with Crippen molar-refractivity contribution in [2.24, 2.45) is 0 Å². The van der Waals surface area contributed by atoms with Crippen LogP contribution in [-0.4, -0.2) is 12.1 Å². The van der Waals surface area contributed by atoms with E-state index in [0.29, 0.717) is 12.1 Å². The molecule has 60 valence electrons. The quantitative estimate of drug-likeness (QED) is 0.610. The molecule has 0 spiro atoms. The maximum atomic E-state index is 3.58. The van der Waals surface area contributed by atoms with Gasteiger partial charge in [0.15, 0.2) is 0 Å². The van der Waals surface area contributed by atoms with E-state index in [-0.39, 0.29) is 0 Å². The highest BCUT2D eigenvalue weighted by Crippen LogP contribution is 2.24. The van der Waals surface area contributed by atoms with E-state index in [1.54, 1.807) is 0 Å². The summed E-state index contributed by atoms with van der Waals surface area (Å²) in [6, 6.07) is 1.24. The molecule has 2 atom stereocenters. The van der Waals surface area contributed by atoms with Gasteiger partial charge in [-0.1, -0.05) is 34.2 Å². The first-order valence-electron chi connectivity index (χ1n) is 4.12. The fourth-order valence-corrected chi connectivity index (χ4v) is 2.43. The third-order valence-electron chi connectivity index (χ3n) is 2.25. The van der Waals surface area contributed by atoms with Gasteiger partial charge in [0.05, 0.1) is 0 Å². The fraction of sp³-hybridized carbons (Fsp3) is 0.556. The molecule has 0 aromatic heterocycles. The predicted octanol–water partition coefficient (Wildman–Crippen LogP) is 2.35. The summed E-state index contributed by atoms with van der Waals surface area (Å²) in [6.45, 7) is 0. The number of fused-ring (bicyclic) bond motifs is 2. The number of halogens is 1. The lowest BCUT2D eigenvalue weighted by atomic mass is 10.0. The highest BCUT2D eigenvalue weighted by atomic mass is 79.9. The van der Waals surface area contributed by atoms with Crippen LogP contribution < -0.4 is 5.32 Å². The Kier molecular flexibility index (Phi) is 2.14. The molecule has 0 aromatic rings. The van der Waals surface area contributed by atoms with Crippen LogP contribution in [0.5, 0.6) is 0 Å². The Labute approximate surface area is 75.7 Å². The van der Waals surface area contributed by atoms with Crippen molar-refractivity contribution in [3.63, 3.8) is 0 Å². The van der Waals surface area contributed by atoms with Crippen molar-refractivity contribution in [3.05, 3.63) is 22.7 Å². The molecule has 0 fully saturated rings. The summed E-state index contributed by atoms with van der Waals surface area (Å²) >= 11 is 3.57. The molecule has 1 nitrogen and oxygen atoms in total. The van der Waals surface area contributed by atoms with Crippen LogP contribution in [0.4, 0.5) is 0 Å². The Morgan fingerprint density at radius 1 is 1.36 bits per heavy atom. The summed E-state index contributed by atoms with van der Waals surface area (Å²) < 4.78 is 1.37. The van der Waals surface area contributed by atoms with Crippen molar-refractivity contribution in [2.45, 2.75) is 31.3 Å². The average Bonchev–Trinajstić information content (AvgIpc) is 2.11. The molecule has 2 heteroatoms. The second-order valence-corrected chi connectivity index (χ2v) is 4.25. The molecule has 1 N–H and O–H groups in total. The minimum Gasteiger partial charge on any atom is -0.307 e. The van der Waals surface area contributed by atoms with E-state index in [1.165, 1.54) is 10.9 Å². The number of hydrogen-bond acceptors (Lipinski definition) is 1. The minimum atomic E-state index is 0.571. The molecule has 0 aromatic carbocycles. The highest BCUT2D eigenvalue weighted by molar-refractivity contribution is 9.11. The summed E-state index contributed by atoms with van der Waals surface area (Å²) in [5.41, 5.74) is 0. The van der Waals surface area contributed by atoms with Gasteiger partial charge in [-0.2, -0.15) is 0 Å². The third-order valence-corrected chi connectivity index (χ3v) is 2.84. The van der Waals surface area contributed by atoms with E-state index in [9.17, 15) is 0 Å². The van der Waals surface area contributed by atoms with Crippen LogP contribution >= 0.6 is 15.9 Å². The molecular formula is C9H12BrN. The summed E-state index contributed by atoms with van der Waals surface area (Å²) in [6.07, 6.45) is 10.3. The van der Waals surface area contributed by atoms with Crippen LogP contribution in [0.2, 0.25) is 0 Å². The molecule has 0 aliphatic carbocycles. The average molecular weight is 214 g/mol. The first-order valence-corrected chi connectivity index (χ1v) is 4.91. The lowest BCUT2D eigenvalue weighted by molar-refractivity contribution is 0.464. The Balaban J connectivity index is 2.17. The van der Waals surface area contributed by atoms with E-state index >= 15 is 0 Å². The molecule has 2 heterocycles. The van der Waals surface area contributed by atoms with Crippen molar-refractivity contribution in [1.29, 1.82) is 0 Å². The Hall–Kier alpha value is -0.0800. The summed E-state index contributed by atoms with van der Waals surface area (Å²) in [5.74, 6) is 0. The van der Waals surface area contributed by atoms with Crippen LogP contribution in [0, 0.1) is 0 Å². The number of hydrogen-bond donors (Lipinski definition) is 1. The molecular weight excluding hydrogens is 202 g/mol. The highest BCUT2D eigenvalue weighted by Gasteiger charge is 2.20. The van der Waals surface area contributed by atoms with Gasteiger partial charge in [0, 0.05) is 12.1 Å². The van der Waals surface area contributed by atoms with Gasteiger partial charge in [0.2, 0.25) is 0 Å². The second-order valence-electron chi connectivity index (χ2n) is 3.23. The summed E-state index contributed by atoms with van der Waals surface area (Å²) in [4.78, 5) is 0. The zero-order chi connectivity index (χ0) is 7.68. The molecule has 11 heavy (non-hydrogen) atoms. The lowest BCUT2D eigenvalue weighted by Crippen LogP contribution is -2.38. The first-order chi connectivity index (χ1) is 5.34. The number of nitrogens with one attached hydrogen (secondary N) is 1. The van der Waals surface area contributed by atoms with Crippen LogP contribution in [0.15, 0.2) is 22.7 Å². The molecule has 0 unspecified atom stereocenters. The van der Waals surface area contributed by atoms with E-state index in [1.807, 2.05) is 0 Å². The normalized spacial score (nSPS) is 36.3. The molecule has 0 saturated heterocycles. The molecule has 2 rings (SSSR count). The predicted molar refractivity (Wildman–Crippen MR) is 50.7 cm³/mol. The lowest BCUT2D eigenvalue weighted by Gasteiger charge is -2.25. The van der Waals surface area contributed by atoms with E-state index in [4.69, 9.17) is 0 Å². The maximum Gasteiger partial charge on any atom is 0.0298 e. The van der Waals surface area contributed by atoms with Crippen LogP contribution in [0.3, 0.4) is 0 Å². The van der Waals surface area contributed by atoms with Gasteiger partial charge in [0.25, 0.3) is 0 Å². The van der Waals surface area contributed by atoms with Crippen LogP contribution in [0.25, 0.3) is 0 Å². The van der Waals surface area contributed by atoms with E-state index in [0.717, 1.165) is 12.8 Å². The maximum absolute atomic E-state index is 3.58. The van der Waals surface area contributed by atoms with Crippen molar-refractivity contribution in [2.75, 3.05) is 0 Å². The minimum absolute atomic E-state index is 0.571. The summed E-state index contributed by atoms with van der Waals surface area (Å²) in [7, 11) is 0. The molecule has 0 radical (unpaired) electrons. The largest absolute Gasteiger partial charge is 0.307 e. The Bertz CT molecular complexity index is 208. The molecule has 0 amide bonds. The van der Waals surface area contributed by atoms with E-state index in [2.05, 4.69) is 39.5 Å². The van der Waals surface area contributed by atoms with Crippen molar-refractivity contribution in [3.8, 4) is 0 Å². The monoisotopic (exact) mass is 213 g/mol. The SMILES string of the molecule is BrC1=C[C@H]2CC=CC[C@@H](C1)N2. The topological polar surface area (TPSA) is 12.0 Å². The smallest absolute Gasteiger partial charge is 0.0298 e. The third kappa shape index (κ3) is 1.74. The Morgan fingerprint density at radius 3 is 3.09 bits per heavy atom. The van der Waals surface area contributed by atoms with Crippen LogP contribution in [-0.2, 0) is 0 Å².